The highest BCUT2D eigenvalue weighted by molar-refractivity contribution is 6.43. The zero-order chi connectivity index (χ0) is 18.5. The van der Waals surface area contributed by atoms with Gasteiger partial charge in [0.05, 0.1) is 27.3 Å². The van der Waals surface area contributed by atoms with Gasteiger partial charge < -0.3 is 4.98 Å². The lowest BCUT2D eigenvalue weighted by Crippen LogP contribution is -2.21. The molecule has 1 amide bonds. The van der Waals surface area contributed by atoms with Gasteiger partial charge >= 0.3 is 0 Å². The van der Waals surface area contributed by atoms with Crippen molar-refractivity contribution >= 4 is 46.4 Å². The largest absolute Gasteiger partial charge is 0.319 e. The number of rotatable bonds is 5. The van der Waals surface area contributed by atoms with Gasteiger partial charge in [-0.15, -0.1) is 0 Å². The first kappa shape index (κ1) is 18.1. The Hall–Kier alpha value is -2.70. The molecule has 0 saturated heterocycles. The van der Waals surface area contributed by atoms with E-state index in [0.717, 1.165) is 0 Å². The number of aromatic nitrogens is 2. The third-order valence-corrected chi connectivity index (χ3v) is 4.47. The molecule has 3 rings (SSSR count). The van der Waals surface area contributed by atoms with Gasteiger partial charge in [-0.05, 0) is 18.2 Å². The highest BCUT2D eigenvalue weighted by Gasteiger charge is 2.08. The van der Waals surface area contributed by atoms with E-state index in [1.54, 1.807) is 30.3 Å². The van der Waals surface area contributed by atoms with Crippen LogP contribution in [0.1, 0.15) is 17.7 Å². The van der Waals surface area contributed by atoms with Crippen molar-refractivity contribution in [3.63, 3.8) is 0 Å². The van der Waals surface area contributed by atoms with Gasteiger partial charge in [0.2, 0.25) is 5.91 Å². The van der Waals surface area contributed by atoms with E-state index < -0.39 is 0 Å². The number of amides is 1. The zero-order valence-corrected chi connectivity index (χ0v) is 15.0. The zero-order valence-electron chi connectivity index (χ0n) is 13.5. The first-order chi connectivity index (χ1) is 12.5. The topological polar surface area (TPSA) is 87.2 Å². The number of H-pyrrole nitrogens is 1. The van der Waals surface area contributed by atoms with Gasteiger partial charge in [-0.1, -0.05) is 47.5 Å². The van der Waals surface area contributed by atoms with Crippen LogP contribution in [0.2, 0.25) is 10.0 Å². The van der Waals surface area contributed by atoms with Crippen LogP contribution in [0.5, 0.6) is 0 Å². The Morgan fingerprint density at radius 3 is 2.85 bits per heavy atom. The van der Waals surface area contributed by atoms with Crippen molar-refractivity contribution in [3.05, 3.63) is 74.1 Å². The lowest BCUT2D eigenvalue weighted by atomic mass is 10.2. The highest BCUT2D eigenvalue weighted by atomic mass is 35.5. The molecule has 0 aliphatic carbocycles. The van der Waals surface area contributed by atoms with E-state index in [1.807, 2.05) is 12.1 Å². The van der Waals surface area contributed by atoms with Gasteiger partial charge in [0.15, 0.2) is 0 Å². The standard InChI is InChI=1S/C18H14Cl2N4O2/c19-12-5-3-4-11(17(12)20)10-21-24-16(25)9-8-15-18(26)23-14-7-2-1-6-13(14)22-15/h1-7,10H,8-9H2,(H,23,26)(H,24,25)/b21-10-. The normalized spacial score (nSPS) is 11.2. The fraction of sp³-hybridized carbons (Fsp3) is 0.111. The number of halogens is 2. The van der Waals surface area contributed by atoms with Crippen LogP contribution in [-0.2, 0) is 11.2 Å². The molecule has 26 heavy (non-hydrogen) atoms. The molecule has 0 fully saturated rings. The molecule has 0 unspecified atom stereocenters. The molecule has 0 bridgehead atoms. The van der Waals surface area contributed by atoms with Crippen molar-refractivity contribution in [2.45, 2.75) is 12.8 Å². The van der Waals surface area contributed by atoms with E-state index in [-0.39, 0.29) is 24.3 Å². The SMILES string of the molecule is O=C(CCc1nc2ccccc2[nH]c1=O)N/N=C\c1cccc(Cl)c1Cl. The quantitative estimate of drug-likeness (QED) is 0.519. The molecule has 132 valence electrons. The van der Waals surface area contributed by atoms with Gasteiger partial charge in [-0.2, -0.15) is 5.10 Å². The van der Waals surface area contributed by atoms with Crippen molar-refractivity contribution in [1.29, 1.82) is 0 Å². The third kappa shape index (κ3) is 4.28. The van der Waals surface area contributed by atoms with E-state index in [4.69, 9.17) is 23.2 Å². The van der Waals surface area contributed by atoms with E-state index in [2.05, 4.69) is 20.5 Å². The highest BCUT2D eigenvalue weighted by Crippen LogP contribution is 2.24. The smallest absolute Gasteiger partial charge is 0.270 e. The van der Waals surface area contributed by atoms with E-state index in [1.165, 1.54) is 6.21 Å². The average Bonchev–Trinajstić information content (AvgIpc) is 2.63. The van der Waals surface area contributed by atoms with Crippen LogP contribution in [-0.4, -0.2) is 22.1 Å². The molecule has 0 aliphatic rings. The number of hydrogen-bond acceptors (Lipinski definition) is 4. The summed E-state index contributed by atoms with van der Waals surface area (Å²) in [6.07, 6.45) is 1.70. The Balaban J connectivity index is 1.61. The van der Waals surface area contributed by atoms with Crippen LogP contribution in [0, 0.1) is 0 Å². The van der Waals surface area contributed by atoms with Crippen molar-refractivity contribution in [2.75, 3.05) is 0 Å². The summed E-state index contributed by atoms with van der Waals surface area (Å²) in [5.74, 6) is -0.339. The maximum Gasteiger partial charge on any atom is 0.270 e. The molecular weight excluding hydrogens is 375 g/mol. The Kier molecular flexibility index (Phi) is 5.65. The summed E-state index contributed by atoms with van der Waals surface area (Å²) < 4.78 is 0. The van der Waals surface area contributed by atoms with Gasteiger partial charge in [0, 0.05) is 18.4 Å². The fourth-order valence-electron chi connectivity index (χ4n) is 2.32. The van der Waals surface area contributed by atoms with Crippen molar-refractivity contribution in [3.8, 4) is 0 Å². The monoisotopic (exact) mass is 388 g/mol. The van der Waals surface area contributed by atoms with Crippen LogP contribution in [0.25, 0.3) is 11.0 Å². The van der Waals surface area contributed by atoms with Gasteiger partial charge in [-0.25, -0.2) is 10.4 Å². The van der Waals surface area contributed by atoms with E-state index >= 15 is 0 Å². The van der Waals surface area contributed by atoms with Crippen molar-refractivity contribution < 1.29 is 4.79 Å². The summed E-state index contributed by atoms with van der Waals surface area (Å²) in [5.41, 5.74) is 4.33. The number of carbonyl (C=O) groups excluding carboxylic acids is 1. The first-order valence-corrected chi connectivity index (χ1v) is 8.54. The molecule has 8 heteroatoms. The molecule has 0 atom stereocenters. The summed E-state index contributed by atoms with van der Waals surface area (Å²) in [6.45, 7) is 0. The summed E-state index contributed by atoms with van der Waals surface area (Å²) in [7, 11) is 0. The summed E-state index contributed by atoms with van der Waals surface area (Å²) in [5, 5.41) is 4.62. The van der Waals surface area contributed by atoms with Crippen LogP contribution in [0.4, 0.5) is 0 Å². The van der Waals surface area contributed by atoms with Crippen LogP contribution < -0.4 is 11.0 Å². The Labute approximate surface area is 158 Å². The number of para-hydroxylation sites is 2. The summed E-state index contributed by atoms with van der Waals surface area (Å²) in [6, 6.07) is 12.3. The predicted octanol–water partition coefficient (Wildman–Crippen LogP) is 3.31. The van der Waals surface area contributed by atoms with Gasteiger partial charge in [-0.3, -0.25) is 9.59 Å². The van der Waals surface area contributed by atoms with E-state index in [0.29, 0.717) is 32.3 Å². The third-order valence-electron chi connectivity index (χ3n) is 3.63. The minimum Gasteiger partial charge on any atom is -0.319 e. The number of nitrogens with zero attached hydrogens (tertiary/aromatic N) is 2. The summed E-state index contributed by atoms with van der Waals surface area (Å²) in [4.78, 5) is 31.0. The van der Waals surface area contributed by atoms with Gasteiger partial charge in [0.1, 0.15) is 5.69 Å². The van der Waals surface area contributed by atoms with Crippen LogP contribution in [0.15, 0.2) is 52.4 Å². The number of fused-ring (bicyclic) bond motifs is 1. The average molecular weight is 389 g/mol. The minimum atomic E-state index is -0.339. The number of carbonyl (C=O) groups is 1. The molecule has 0 radical (unpaired) electrons. The molecule has 0 aliphatic heterocycles. The predicted molar refractivity (Wildman–Crippen MR) is 103 cm³/mol. The number of aryl methyl sites for hydroxylation is 1. The lowest BCUT2D eigenvalue weighted by Gasteiger charge is -2.03. The fourth-order valence-corrected chi connectivity index (χ4v) is 2.68. The van der Waals surface area contributed by atoms with Crippen LogP contribution in [0.3, 0.4) is 0 Å². The molecule has 1 heterocycles. The van der Waals surface area contributed by atoms with Crippen LogP contribution >= 0.6 is 23.2 Å². The molecule has 3 aromatic rings. The number of benzene rings is 2. The molecule has 2 aromatic carbocycles. The maximum absolute atomic E-state index is 12.0. The number of nitrogens with one attached hydrogen (secondary N) is 2. The first-order valence-electron chi connectivity index (χ1n) is 7.78. The van der Waals surface area contributed by atoms with E-state index in [9.17, 15) is 9.59 Å². The second kappa shape index (κ2) is 8.12. The van der Waals surface area contributed by atoms with Crippen molar-refractivity contribution in [1.82, 2.24) is 15.4 Å². The second-order valence-electron chi connectivity index (χ2n) is 5.47. The molecular formula is C18H14Cl2N4O2. The number of aromatic amines is 1. The molecule has 0 spiro atoms. The lowest BCUT2D eigenvalue weighted by molar-refractivity contribution is -0.121. The number of hydrazone groups is 1. The Bertz CT molecular complexity index is 1050. The summed E-state index contributed by atoms with van der Waals surface area (Å²) >= 11 is 11.9. The maximum atomic E-state index is 12.0. The molecule has 2 N–H and O–H groups in total. The number of hydrogen-bond donors (Lipinski definition) is 2. The Morgan fingerprint density at radius 1 is 1.19 bits per heavy atom. The molecule has 6 nitrogen and oxygen atoms in total. The minimum absolute atomic E-state index is 0.0784. The molecule has 0 saturated carbocycles. The van der Waals surface area contributed by atoms with Crippen molar-refractivity contribution in [2.24, 2.45) is 5.10 Å². The van der Waals surface area contributed by atoms with Gasteiger partial charge in [0.25, 0.3) is 5.56 Å². The second-order valence-corrected chi connectivity index (χ2v) is 6.25. The Morgan fingerprint density at radius 2 is 2.00 bits per heavy atom. The molecule has 1 aromatic heterocycles.